The third-order valence-corrected chi connectivity index (χ3v) is 26.8. The van der Waals surface area contributed by atoms with Crippen LogP contribution >= 0.6 is 0 Å². The summed E-state index contributed by atoms with van der Waals surface area (Å²) in [5, 5.41) is 6.79. The monoisotopic (exact) mass is 1800 g/mol. The molecule has 3 aliphatic carbocycles. The molecule has 0 fully saturated rings. The molecule has 18 aromatic carbocycles. The number of pyridine rings is 1. The van der Waals surface area contributed by atoms with Crippen LogP contribution in [0, 0.1) is 0 Å². The molecule has 660 valence electrons. The molecule has 0 saturated carbocycles. The summed E-state index contributed by atoms with van der Waals surface area (Å²) in [6.45, 7) is 0. The van der Waals surface area contributed by atoms with Gasteiger partial charge >= 0.3 is 0 Å². The summed E-state index contributed by atoms with van der Waals surface area (Å²) in [4.78, 5) is 68.4. The molecule has 0 spiro atoms. The Hall–Kier alpha value is -18.9. The van der Waals surface area contributed by atoms with Crippen LogP contribution in [-0.4, -0.2) is 69.8 Å². The van der Waals surface area contributed by atoms with Crippen molar-refractivity contribution in [1.82, 2.24) is 69.8 Å². The summed E-state index contributed by atoms with van der Waals surface area (Å²) >= 11 is 0. The smallest absolute Gasteiger partial charge is 0.164 e. The molecular weight excluding hydrogens is 1720 g/mol. The third kappa shape index (κ3) is 16.3. The molecule has 0 radical (unpaired) electrons. The van der Waals surface area contributed by atoms with E-state index in [1.165, 1.54) is 66.6 Å². The van der Waals surface area contributed by atoms with Gasteiger partial charge in [-0.25, -0.2) is 64.8 Å². The SMILES string of the molecule is c1ccc(-c2cccc(-c3nc(-c4ccccc4)nc(-c4cc(-c5cccc6c5Cc5cncnc5-6)c5ccccc5c4)n3)c2)cc1.c1ccc(-c2cccc(-c3nc(-c4ccccc4)nc(-c4cc(-c5cccc6c5Cc5cncnc5-6)cc5ccccc45)n3)c2)cc1.c1ccc(-c2cccc(-c3nc(-c4ccccc4)nc(-c4ccc(-c5cccc6c5Cc5cccnc5-6)c5ccccc45)n3)c2)cc1. The zero-order chi connectivity index (χ0) is 93.5. The van der Waals surface area contributed by atoms with Gasteiger partial charge in [-0.3, -0.25) is 4.98 Å². The highest BCUT2D eigenvalue weighted by molar-refractivity contribution is 6.07. The molecule has 14 heteroatoms. The van der Waals surface area contributed by atoms with E-state index >= 15 is 0 Å². The Bertz CT molecular complexity index is 8950. The molecule has 0 aliphatic heterocycles. The highest BCUT2D eigenvalue weighted by Gasteiger charge is 2.30. The van der Waals surface area contributed by atoms with E-state index in [2.05, 4.69) is 335 Å². The molecule has 27 rings (SSSR count). The zero-order valence-corrected chi connectivity index (χ0v) is 76.3. The number of fused-ring (bicyclic) bond motifs is 12. The van der Waals surface area contributed by atoms with E-state index in [1.807, 2.05) is 134 Å². The molecule has 0 N–H and O–H groups in total. The van der Waals surface area contributed by atoms with E-state index in [-0.39, 0.29) is 0 Å². The lowest BCUT2D eigenvalue weighted by atomic mass is 9.90. The van der Waals surface area contributed by atoms with Crippen molar-refractivity contribution >= 4 is 32.3 Å². The number of nitrogens with zero attached hydrogens (tertiary/aromatic N) is 14. The molecule has 0 bridgehead atoms. The summed E-state index contributed by atoms with van der Waals surface area (Å²) < 4.78 is 0. The van der Waals surface area contributed by atoms with Crippen LogP contribution in [0.15, 0.2) is 462 Å². The lowest BCUT2D eigenvalue weighted by Gasteiger charge is -2.15. The number of rotatable bonds is 15. The topological polar surface area (TPSA) is 180 Å². The first-order valence-corrected chi connectivity index (χ1v) is 47.3. The molecule has 6 aromatic heterocycles. The lowest BCUT2D eigenvalue weighted by Crippen LogP contribution is -2.01. The van der Waals surface area contributed by atoms with Gasteiger partial charge in [-0.15, -0.1) is 0 Å². The minimum Gasteiger partial charge on any atom is -0.256 e. The maximum absolute atomic E-state index is 5.18. The maximum Gasteiger partial charge on any atom is 0.164 e. The van der Waals surface area contributed by atoms with Gasteiger partial charge in [0.15, 0.2) is 52.4 Å². The molecule has 141 heavy (non-hydrogen) atoms. The van der Waals surface area contributed by atoms with Crippen LogP contribution in [-0.2, 0) is 19.3 Å². The average molecular weight is 1800 g/mol. The van der Waals surface area contributed by atoms with Crippen LogP contribution in [0.25, 0.3) is 235 Å². The molecule has 0 amide bonds. The van der Waals surface area contributed by atoms with Crippen LogP contribution in [0.1, 0.15) is 33.4 Å². The Morgan fingerprint density at radius 3 is 0.922 bits per heavy atom. The van der Waals surface area contributed by atoms with Gasteiger partial charge in [0.1, 0.15) is 12.7 Å². The molecule has 3 aliphatic rings. The van der Waals surface area contributed by atoms with Gasteiger partial charge in [-0.2, -0.15) is 0 Å². The fourth-order valence-electron chi connectivity index (χ4n) is 20.1. The summed E-state index contributed by atoms with van der Waals surface area (Å²) in [5.74, 6) is 5.76. The first-order valence-electron chi connectivity index (χ1n) is 47.3. The Morgan fingerprint density at radius 1 is 0.156 bits per heavy atom. The largest absolute Gasteiger partial charge is 0.256 e. The van der Waals surface area contributed by atoms with E-state index in [0.717, 1.165) is 169 Å². The first-order chi connectivity index (χ1) is 69.9. The van der Waals surface area contributed by atoms with Gasteiger partial charge in [0.25, 0.3) is 0 Å². The number of hydrogen-bond donors (Lipinski definition) is 0. The van der Waals surface area contributed by atoms with E-state index in [9.17, 15) is 0 Å². The second kappa shape index (κ2) is 36.7. The predicted molar refractivity (Wildman–Crippen MR) is 567 cm³/mol. The molecule has 6 heterocycles. The van der Waals surface area contributed by atoms with Gasteiger partial charge in [0, 0.05) is 116 Å². The normalized spacial score (nSPS) is 11.7. The lowest BCUT2D eigenvalue weighted by molar-refractivity contribution is 1.07. The highest BCUT2D eigenvalue weighted by atomic mass is 15.1. The number of benzene rings is 18. The van der Waals surface area contributed by atoms with Crippen molar-refractivity contribution < 1.29 is 0 Å². The molecule has 24 aromatic rings. The van der Waals surface area contributed by atoms with Crippen molar-refractivity contribution in [3.8, 4) is 203 Å². The fraction of sp³-hybridized carbons (Fsp3) is 0.0236. The number of aromatic nitrogens is 14. The molecular formula is C127H82N14. The first kappa shape index (κ1) is 83.9. The summed E-state index contributed by atoms with van der Waals surface area (Å²) in [6.07, 6.45) is 11.5. The van der Waals surface area contributed by atoms with Gasteiger partial charge in [-0.1, -0.05) is 376 Å². The van der Waals surface area contributed by atoms with Gasteiger partial charge in [0.05, 0.1) is 17.1 Å². The fourth-order valence-corrected chi connectivity index (χ4v) is 20.1. The highest BCUT2D eigenvalue weighted by Crippen LogP contribution is 2.49. The van der Waals surface area contributed by atoms with Crippen LogP contribution in [0.2, 0.25) is 0 Å². The maximum atomic E-state index is 5.18. The minimum absolute atomic E-state index is 0.632. The molecule has 0 unspecified atom stereocenters. The van der Waals surface area contributed by atoms with Crippen LogP contribution in [0.4, 0.5) is 0 Å². The molecule has 14 nitrogen and oxygen atoms in total. The second-order valence-electron chi connectivity index (χ2n) is 35.4. The van der Waals surface area contributed by atoms with Crippen LogP contribution in [0.3, 0.4) is 0 Å². The van der Waals surface area contributed by atoms with Crippen LogP contribution in [0.5, 0.6) is 0 Å². The van der Waals surface area contributed by atoms with Gasteiger partial charge in [-0.05, 0) is 176 Å². The molecule has 0 saturated heterocycles. The average Bonchev–Trinajstić information content (AvgIpc) is 1.40. The van der Waals surface area contributed by atoms with Gasteiger partial charge in [0.2, 0.25) is 0 Å². The quantitative estimate of drug-likeness (QED) is 0.0945. The van der Waals surface area contributed by atoms with Crippen molar-refractivity contribution in [2.45, 2.75) is 19.3 Å². The van der Waals surface area contributed by atoms with Crippen molar-refractivity contribution in [2.75, 3.05) is 0 Å². The predicted octanol–water partition coefficient (Wildman–Crippen LogP) is 29.8. The van der Waals surface area contributed by atoms with Crippen molar-refractivity contribution in [1.29, 1.82) is 0 Å². The van der Waals surface area contributed by atoms with Gasteiger partial charge < -0.3 is 0 Å². The zero-order valence-electron chi connectivity index (χ0n) is 76.3. The third-order valence-electron chi connectivity index (χ3n) is 26.8. The van der Waals surface area contributed by atoms with E-state index in [0.29, 0.717) is 52.4 Å². The van der Waals surface area contributed by atoms with Crippen molar-refractivity contribution in [3.63, 3.8) is 0 Å². The van der Waals surface area contributed by atoms with E-state index in [1.54, 1.807) is 12.7 Å². The van der Waals surface area contributed by atoms with E-state index in [4.69, 9.17) is 49.8 Å². The minimum atomic E-state index is 0.632. The standard InChI is InChI=1S/C43H28N4.2C42H27N5/c1-3-12-28(13-4-1)30-16-9-17-32(26-30)42-45-41(29-14-5-2-6-15-29)46-43(47-42)38-24-23-36(33-19-7-8-20-34(33)38)35-21-10-22-37-39(35)27-31-18-11-25-44-40(31)37;1-3-11-27(12-4-1)29-16-9-17-31(21-29)41-45-40(28-13-5-2-6-14-28)46-42(47-41)32-22-30-15-7-8-18-34(30)37(23-32)35-19-10-20-36-38(35)24-33-25-43-26-44-39(33)36;1-3-11-27(12-4-1)29-16-9-17-31(21-29)41-45-40(28-13-5-2-6-14-28)46-42(47-41)38-23-32(22-30-15-7-8-18-34(30)38)35-19-10-20-36-37(35)24-33-25-43-26-44-39(33)36/h1-26H,27H2;2*1-23,25-26H,24H2. The van der Waals surface area contributed by atoms with Crippen LogP contribution < -0.4 is 0 Å². The Balaban J connectivity index is 0.000000111. The molecule has 0 atom stereocenters. The Labute approximate surface area is 814 Å². The number of hydrogen-bond acceptors (Lipinski definition) is 14. The van der Waals surface area contributed by atoms with Crippen molar-refractivity contribution in [3.05, 3.63) is 495 Å². The Kier molecular flexibility index (Phi) is 21.8. The second-order valence-corrected chi connectivity index (χ2v) is 35.4. The van der Waals surface area contributed by atoms with Crippen molar-refractivity contribution in [2.24, 2.45) is 0 Å². The summed E-state index contributed by atoms with van der Waals surface area (Å²) in [5.41, 5.74) is 36.5. The summed E-state index contributed by atoms with van der Waals surface area (Å²) in [6, 6.07) is 150. The Morgan fingerprint density at radius 2 is 0.461 bits per heavy atom. The summed E-state index contributed by atoms with van der Waals surface area (Å²) in [7, 11) is 0. The van der Waals surface area contributed by atoms with E-state index < -0.39 is 0 Å².